The van der Waals surface area contributed by atoms with Gasteiger partial charge < -0.3 is 4.98 Å². The van der Waals surface area contributed by atoms with Crippen LogP contribution >= 0.6 is 11.6 Å². The molecule has 0 fully saturated rings. The smallest absolute Gasteiger partial charge is 0.260 e. The fourth-order valence-electron chi connectivity index (χ4n) is 1.50. The molecule has 0 aliphatic heterocycles. The Kier molecular flexibility index (Phi) is 2.50. The van der Waals surface area contributed by atoms with Crippen LogP contribution in [0.15, 0.2) is 23.0 Å². The van der Waals surface area contributed by atoms with E-state index in [0.717, 1.165) is 0 Å². The van der Waals surface area contributed by atoms with Crippen molar-refractivity contribution in [3.63, 3.8) is 0 Å². The third kappa shape index (κ3) is 1.83. The van der Waals surface area contributed by atoms with Crippen LogP contribution in [0.3, 0.4) is 0 Å². The molecule has 1 aromatic carbocycles. The summed E-state index contributed by atoms with van der Waals surface area (Å²) in [6, 6.07) is 5.28. The summed E-state index contributed by atoms with van der Waals surface area (Å²) in [5.41, 5.74) is 0.275. The van der Waals surface area contributed by atoms with Gasteiger partial charge in [-0.3, -0.25) is 4.79 Å². The first-order valence-corrected chi connectivity index (χ1v) is 5.46. The second-order valence-corrected chi connectivity index (χ2v) is 5.21. The molecule has 4 heteroatoms. The molecule has 1 N–H and O–H groups in total. The number of benzene rings is 1. The fourth-order valence-corrected chi connectivity index (χ4v) is 1.76. The number of hydrogen-bond acceptors (Lipinski definition) is 2. The van der Waals surface area contributed by atoms with E-state index in [0.29, 0.717) is 21.7 Å². The SMILES string of the molecule is CC(C)(C)c1nc2cccc(Cl)c2c(=O)[nH]1. The van der Waals surface area contributed by atoms with Crippen molar-refractivity contribution < 1.29 is 0 Å². The average Bonchev–Trinajstić information content (AvgIpc) is 2.15. The summed E-state index contributed by atoms with van der Waals surface area (Å²) in [5, 5.41) is 0.892. The Hall–Kier alpha value is -1.35. The number of nitrogens with one attached hydrogen (secondary N) is 1. The van der Waals surface area contributed by atoms with Crippen molar-refractivity contribution in [3.8, 4) is 0 Å². The van der Waals surface area contributed by atoms with Crippen LogP contribution < -0.4 is 5.56 Å². The molecule has 2 aromatic rings. The summed E-state index contributed by atoms with van der Waals surface area (Å²) in [7, 11) is 0. The molecular formula is C12H13ClN2O. The number of aromatic amines is 1. The van der Waals surface area contributed by atoms with Crippen LogP contribution in [0.4, 0.5) is 0 Å². The van der Waals surface area contributed by atoms with Gasteiger partial charge in [0.2, 0.25) is 0 Å². The van der Waals surface area contributed by atoms with Crippen LogP contribution in [0, 0.1) is 0 Å². The zero-order valence-electron chi connectivity index (χ0n) is 9.47. The lowest BCUT2D eigenvalue weighted by atomic mass is 9.95. The minimum absolute atomic E-state index is 0.180. The minimum atomic E-state index is -0.185. The van der Waals surface area contributed by atoms with Crippen molar-refractivity contribution in [1.82, 2.24) is 9.97 Å². The minimum Gasteiger partial charge on any atom is -0.310 e. The van der Waals surface area contributed by atoms with E-state index in [4.69, 9.17) is 11.6 Å². The topological polar surface area (TPSA) is 45.8 Å². The number of fused-ring (bicyclic) bond motifs is 1. The zero-order valence-corrected chi connectivity index (χ0v) is 10.2. The van der Waals surface area contributed by atoms with Crippen LogP contribution in [0.5, 0.6) is 0 Å². The van der Waals surface area contributed by atoms with Crippen LogP contribution in [0.1, 0.15) is 26.6 Å². The van der Waals surface area contributed by atoms with E-state index in [9.17, 15) is 4.79 Å². The molecule has 1 heterocycles. The summed E-state index contributed by atoms with van der Waals surface area (Å²) in [4.78, 5) is 19.1. The molecule has 0 radical (unpaired) electrons. The van der Waals surface area contributed by atoms with Crippen LogP contribution in [0.25, 0.3) is 10.9 Å². The van der Waals surface area contributed by atoms with Crippen LogP contribution in [-0.2, 0) is 5.41 Å². The number of rotatable bonds is 0. The highest BCUT2D eigenvalue weighted by Crippen LogP contribution is 2.22. The molecule has 0 bridgehead atoms. The van der Waals surface area contributed by atoms with Gasteiger partial charge in [-0.1, -0.05) is 38.4 Å². The highest BCUT2D eigenvalue weighted by Gasteiger charge is 2.18. The summed E-state index contributed by atoms with van der Waals surface area (Å²) in [6.45, 7) is 6.00. The molecule has 2 rings (SSSR count). The third-order valence-electron chi connectivity index (χ3n) is 2.39. The summed E-state index contributed by atoms with van der Waals surface area (Å²) in [6.07, 6.45) is 0. The Morgan fingerprint density at radius 3 is 2.62 bits per heavy atom. The number of hydrogen-bond donors (Lipinski definition) is 1. The van der Waals surface area contributed by atoms with E-state index < -0.39 is 0 Å². The predicted molar refractivity (Wildman–Crippen MR) is 66.1 cm³/mol. The number of halogens is 1. The standard InChI is InChI=1S/C12H13ClN2O/c1-12(2,3)11-14-8-6-4-5-7(13)9(8)10(16)15-11/h4-6H,1-3H3,(H,14,15,16). The van der Waals surface area contributed by atoms with Crippen LogP contribution in [0.2, 0.25) is 5.02 Å². The van der Waals surface area contributed by atoms with Crippen molar-refractivity contribution in [2.24, 2.45) is 0 Å². The molecule has 0 spiro atoms. The molecule has 0 unspecified atom stereocenters. The molecule has 0 aliphatic carbocycles. The van der Waals surface area contributed by atoms with Gasteiger partial charge in [-0.25, -0.2) is 4.98 Å². The van der Waals surface area contributed by atoms with Gasteiger partial charge in [0.15, 0.2) is 0 Å². The lowest BCUT2D eigenvalue weighted by Gasteiger charge is -2.17. The number of aromatic nitrogens is 2. The Morgan fingerprint density at radius 1 is 1.31 bits per heavy atom. The molecule has 16 heavy (non-hydrogen) atoms. The molecular weight excluding hydrogens is 224 g/mol. The van der Waals surface area contributed by atoms with Gasteiger partial charge in [0, 0.05) is 5.41 Å². The molecule has 0 aliphatic rings. The molecule has 3 nitrogen and oxygen atoms in total. The first-order chi connectivity index (χ1) is 7.39. The summed E-state index contributed by atoms with van der Waals surface area (Å²) >= 11 is 5.97. The molecule has 0 atom stereocenters. The average molecular weight is 237 g/mol. The van der Waals surface area contributed by atoms with E-state index in [-0.39, 0.29) is 11.0 Å². The van der Waals surface area contributed by atoms with E-state index in [1.54, 1.807) is 18.2 Å². The second kappa shape index (κ2) is 3.59. The summed E-state index contributed by atoms with van der Waals surface area (Å²) < 4.78 is 0. The largest absolute Gasteiger partial charge is 0.310 e. The predicted octanol–water partition coefficient (Wildman–Crippen LogP) is 2.87. The molecule has 0 saturated carbocycles. The van der Waals surface area contributed by atoms with Crippen molar-refractivity contribution in [1.29, 1.82) is 0 Å². The van der Waals surface area contributed by atoms with Crippen molar-refractivity contribution >= 4 is 22.5 Å². The highest BCUT2D eigenvalue weighted by atomic mass is 35.5. The molecule has 1 aromatic heterocycles. The first kappa shape index (κ1) is 11.1. The lowest BCUT2D eigenvalue weighted by molar-refractivity contribution is 0.546. The van der Waals surface area contributed by atoms with Gasteiger partial charge in [-0.05, 0) is 12.1 Å². The quantitative estimate of drug-likeness (QED) is 0.765. The molecule has 84 valence electrons. The second-order valence-electron chi connectivity index (χ2n) is 4.80. The van der Waals surface area contributed by atoms with Gasteiger partial charge in [0.25, 0.3) is 5.56 Å². The van der Waals surface area contributed by atoms with Gasteiger partial charge in [-0.2, -0.15) is 0 Å². The fraction of sp³-hybridized carbons (Fsp3) is 0.333. The van der Waals surface area contributed by atoms with Crippen molar-refractivity contribution in [2.75, 3.05) is 0 Å². The molecule has 0 saturated heterocycles. The van der Waals surface area contributed by atoms with Gasteiger partial charge in [0.05, 0.1) is 15.9 Å². The maximum Gasteiger partial charge on any atom is 0.260 e. The Morgan fingerprint density at radius 2 is 2.00 bits per heavy atom. The zero-order chi connectivity index (χ0) is 11.9. The van der Waals surface area contributed by atoms with Gasteiger partial charge in [-0.15, -0.1) is 0 Å². The number of nitrogens with zero attached hydrogens (tertiary/aromatic N) is 1. The van der Waals surface area contributed by atoms with Crippen LogP contribution in [-0.4, -0.2) is 9.97 Å². The van der Waals surface area contributed by atoms with E-state index in [2.05, 4.69) is 9.97 Å². The molecule has 0 amide bonds. The normalized spacial score (nSPS) is 12.0. The summed E-state index contributed by atoms with van der Waals surface area (Å²) in [5.74, 6) is 0.673. The maximum atomic E-state index is 11.9. The van der Waals surface area contributed by atoms with Gasteiger partial charge >= 0.3 is 0 Å². The van der Waals surface area contributed by atoms with Crippen molar-refractivity contribution in [2.45, 2.75) is 26.2 Å². The first-order valence-electron chi connectivity index (χ1n) is 5.08. The lowest BCUT2D eigenvalue weighted by Crippen LogP contribution is -2.22. The Bertz CT molecular complexity index is 596. The highest BCUT2D eigenvalue weighted by molar-refractivity contribution is 6.35. The van der Waals surface area contributed by atoms with E-state index in [1.165, 1.54) is 0 Å². The van der Waals surface area contributed by atoms with Gasteiger partial charge in [0.1, 0.15) is 5.82 Å². The number of H-pyrrole nitrogens is 1. The van der Waals surface area contributed by atoms with E-state index in [1.807, 2.05) is 20.8 Å². The van der Waals surface area contributed by atoms with E-state index >= 15 is 0 Å². The monoisotopic (exact) mass is 236 g/mol. The van der Waals surface area contributed by atoms with Crippen molar-refractivity contribution in [3.05, 3.63) is 39.4 Å². The Balaban J connectivity index is 2.85. The maximum absolute atomic E-state index is 11.9. The third-order valence-corrected chi connectivity index (χ3v) is 2.71. The Labute approximate surface area is 98.5 Å².